The fourth-order valence-electron chi connectivity index (χ4n) is 3.72. The van der Waals surface area contributed by atoms with E-state index in [0.717, 1.165) is 22.0 Å². The Morgan fingerprint density at radius 1 is 1.03 bits per heavy atom. The van der Waals surface area contributed by atoms with Crippen molar-refractivity contribution in [2.45, 2.75) is 6.92 Å². The number of carbonyl (C=O) groups is 2. The van der Waals surface area contributed by atoms with Crippen LogP contribution in [-0.2, 0) is 7.05 Å². The number of carbonyl (C=O) groups excluding carboxylic acids is 2. The predicted molar refractivity (Wildman–Crippen MR) is 118 cm³/mol. The van der Waals surface area contributed by atoms with Crippen molar-refractivity contribution in [3.63, 3.8) is 0 Å². The molecular formula is C26H19NO4. The van der Waals surface area contributed by atoms with Crippen LogP contribution in [0.5, 0.6) is 11.5 Å². The molecule has 0 N–H and O–H groups in total. The van der Waals surface area contributed by atoms with Crippen LogP contribution in [0.25, 0.3) is 17.0 Å². The monoisotopic (exact) mass is 409 g/mol. The number of ketones is 1. The van der Waals surface area contributed by atoms with Gasteiger partial charge < -0.3 is 14.0 Å². The van der Waals surface area contributed by atoms with Gasteiger partial charge in [-0.25, -0.2) is 4.79 Å². The first-order chi connectivity index (χ1) is 15.0. The van der Waals surface area contributed by atoms with Gasteiger partial charge in [0.1, 0.15) is 11.5 Å². The fourth-order valence-corrected chi connectivity index (χ4v) is 3.72. The third-order valence-corrected chi connectivity index (χ3v) is 5.35. The number of benzene rings is 3. The highest BCUT2D eigenvalue weighted by Crippen LogP contribution is 2.36. The van der Waals surface area contributed by atoms with Crippen LogP contribution in [0.3, 0.4) is 0 Å². The molecule has 1 aliphatic heterocycles. The Kier molecular flexibility index (Phi) is 4.44. The van der Waals surface area contributed by atoms with Crippen LogP contribution in [-0.4, -0.2) is 16.3 Å². The molecule has 1 aromatic heterocycles. The number of aromatic nitrogens is 1. The molecule has 152 valence electrons. The lowest BCUT2D eigenvalue weighted by atomic mass is 10.1. The SMILES string of the molecule is Cc1ccc(C(=O)Oc2ccc3c(c2)O/C(=C/c2cn(C)c4ccccc24)C3=O)cc1. The number of esters is 1. The molecular weight excluding hydrogens is 390 g/mol. The minimum Gasteiger partial charge on any atom is -0.452 e. The van der Waals surface area contributed by atoms with E-state index in [1.54, 1.807) is 36.4 Å². The lowest BCUT2D eigenvalue weighted by Gasteiger charge is -2.06. The van der Waals surface area contributed by atoms with E-state index < -0.39 is 5.97 Å². The Morgan fingerprint density at radius 3 is 2.61 bits per heavy atom. The Labute approximate surface area is 179 Å². The smallest absolute Gasteiger partial charge is 0.343 e. The normalized spacial score (nSPS) is 14.0. The fraction of sp³-hybridized carbons (Fsp3) is 0.0769. The van der Waals surface area contributed by atoms with Crippen molar-refractivity contribution < 1.29 is 19.1 Å². The Morgan fingerprint density at radius 2 is 1.81 bits per heavy atom. The first-order valence-electron chi connectivity index (χ1n) is 9.91. The summed E-state index contributed by atoms with van der Waals surface area (Å²) in [5.74, 6) is 0.290. The van der Waals surface area contributed by atoms with Gasteiger partial charge in [0.15, 0.2) is 5.76 Å². The summed E-state index contributed by atoms with van der Waals surface area (Å²) in [7, 11) is 1.96. The molecule has 1 aliphatic rings. The van der Waals surface area contributed by atoms with Gasteiger partial charge in [0, 0.05) is 35.8 Å². The quantitative estimate of drug-likeness (QED) is 0.261. The Hall–Kier alpha value is -4.12. The molecule has 4 aromatic rings. The summed E-state index contributed by atoms with van der Waals surface area (Å²) in [6.07, 6.45) is 3.72. The minimum atomic E-state index is -0.462. The van der Waals surface area contributed by atoms with Gasteiger partial charge in [-0.15, -0.1) is 0 Å². The second-order valence-electron chi connectivity index (χ2n) is 7.57. The lowest BCUT2D eigenvalue weighted by molar-refractivity contribution is 0.0734. The molecule has 5 rings (SSSR count). The maximum Gasteiger partial charge on any atom is 0.343 e. The van der Waals surface area contributed by atoms with Gasteiger partial charge in [0.05, 0.1) is 11.1 Å². The van der Waals surface area contributed by atoms with Crippen LogP contribution in [0.2, 0.25) is 0 Å². The molecule has 0 spiro atoms. The van der Waals surface area contributed by atoms with Crippen molar-refractivity contribution in [3.05, 3.63) is 101 Å². The van der Waals surface area contributed by atoms with E-state index in [4.69, 9.17) is 9.47 Å². The molecule has 0 aliphatic carbocycles. The van der Waals surface area contributed by atoms with E-state index >= 15 is 0 Å². The van der Waals surface area contributed by atoms with E-state index in [1.807, 2.05) is 61.1 Å². The van der Waals surface area contributed by atoms with E-state index in [1.165, 1.54) is 0 Å². The topological polar surface area (TPSA) is 57.5 Å². The highest BCUT2D eigenvalue weighted by Gasteiger charge is 2.28. The maximum absolute atomic E-state index is 12.8. The van der Waals surface area contributed by atoms with Crippen molar-refractivity contribution in [3.8, 4) is 11.5 Å². The van der Waals surface area contributed by atoms with Gasteiger partial charge in [-0.1, -0.05) is 35.9 Å². The summed E-state index contributed by atoms with van der Waals surface area (Å²) in [5.41, 5.74) is 3.94. The molecule has 0 fully saturated rings. The average molecular weight is 409 g/mol. The molecule has 5 nitrogen and oxygen atoms in total. The summed E-state index contributed by atoms with van der Waals surface area (Å²) in [4.78, 5) is 25.2. The molecule has 31 heavy (non-hydrogen) atoms. The second-order valence-corrected chi connectivity index (χ2v) is 7.57. The van der Waals surface area contributed by atoms with Crippen LogP contribution in [0.1, 0.15) is 31.8 Å². The van der Waals surface area contributed by atoms with Crippen LogP contribution in [0.4, 0.5) is 0 Å². The number of aryl methyl sites for hydroxylation is 2. The van der Waals surface area contributed by atoms with Crippen LogP contribution in [0, 0.1) is 6.92 Å². The maximum atomic E-state index is 12.8. The average Bonchev–Trinajstić information content (AvgIpc) is 3.25. The number of fused-ring (bicyclic) bond motifs is 2. The molecule has 2 heterocycles. The van der Waals surface area contributed by atoms with Gasteiger partial charge in [-0.3, -0.25) is 4.79 Å². The first-order valence-corrected chi connectivity index (χ1v) is 9.91. The Balaban J connectivity index is 1.41. The summed E-state index contributed by atoms with van der Waals surface area (Å²) >= 11 is 0. The van der Waals surface area contributed by atoms with E-state index in [9.17, 15) is 9.59 Å². The molecule has 0 atom stereocenters. The highest BCUT2D eigenvalue weighted by atomic mass is 16.5. The number of hydrogen-bond donors (Lipinski definition) is 0. The van der Waals surface area contributed by atoms with Crippen molar-refractivity contribution >= 4 is 28.7 Å². The van der Waals surface area contributed by atoms with Crippen LogP contribution in [0.15, 0.2) is 78.7 Å². The number of allylic oxidation sites excluding steroid dienone is 1. The van der Waals surface area contributed by atoms with Gasteiger partial charge in [0.2, 0.25) is 5.78 Å². The standard InChI is InChI=1S/C26H19NO4/c1-16-7-9-17(10-8-16)26(29)30-19-11-12-21-23(14-19)31-24(25(21)28)13-18-15-27(2)22-6-4-3-5-20(18)22/h3-15H,1-2H3/b24-13+. The number of rotatable bonds is 3. The Bertz CT molecular complexity index is 1380. The first kappa shape index (κ1) is 18.9. The zero-order chi connectivity index (χ0) is 21.5. The summed E-state index contributed by atoms with van der Waals surface area (Å²) < 4.78 is 13.3. The molecule has 3 aromatic carbocycles. The van der Waals surface area contributed by atoms with Crippen LogP contribution >= 0.6 is 0 Å². The number of para-hydroxylation sites is 1. The lowest BCUT2D eigenvalue weighted by Crippen LogP contribution is -2.08. The number of ether oxygens (including phenoxy) is 2. The molecule has 0 unspecified atom stereocenters. The van der Waals surface area contributed by atoms with E-state index in [2.05, 4.69) is 0 Å². The summed E-state index contributed by atoms with van der Waals surface area (Å²) in [5, 5.41) is 1.04. The third-order valence-electron chi connectivity index (χ3n) is 5.35. The largest absolute Gasteiger partial charge is 0.452 e. The van der Waals surface area contributed by atoms with E-state index in [-0.39, 0.29) is 11.5 Å². The molecule has 5 heteroatoms. The number of Topliss-reactive ketones (excluding diaryl/α,β-unsaturated/α-hetero) is 1. The molecule has 0 saturated heterocycles. The number of hydrogen-bond acceptors (Lipinski definition) is 4. The van der Waals surface area contributed by atoms with Crippen LogP contribution < -0.4 is 9.47 Å². The molecule has 0 bridgehead atoms. The van der Waals surface area contributed by atoms with Crippen molar-refractivity contribution in [2.75, 3.05) is 0 Å². The predicted octanol–water partition coefficient (Wildman–Crippen LogP) is 5.32. The van der Waals surface area contributed by atoms with Gasteiger partial charge >= 0.3 is 5.97 Å². The molecule has 0 amide bonds. The minimum absolute atomic E-state index is 0.195. The number of nitrogens with zero attached hydrogens (tertiary/aromatic N) is 1. The summed E-state index contributed by atoms with van der Waals surface area (Å²) in [6, 6.07) is 19.9. The van der Waals surface area contributed by atoms with Gasteiger partial charge in [0.25, 0.3) is 0 Å². The zero-order valence-electron chi connectivity index (χ0n) is 17.1. The van der Waals surface area contributed by atoms with Crippen molar-refractivity contribution in [1.29, 1.82) is 0 Å². The highest BCUT2D eigenvalue weighted by molar-refractivity contribution is 6.15. The molecule has 0 saturated carbocycles. The van der Waals surface area contributed by atoms with Crippen molar-refractivity contribution in [2.24, 2.45) is 7.05 Å². The molecule has 0 radical (unpaired) electrons. The van der Waals surface area contributed by atoms with Crippen molar-refractivity contribution in [1.82, 2.24) is 4.57 Å². The second kappa shape index (κ2) is 7.29. The van der Waals surface area contributed by atoms with Gasteiger partial charge in [-0.05, 0) is 43.3 Å². The van der Waals surface area contributed by atoms with Gasteiger partial charge in [-0.2, -0.15) is 0 Å². The van der Waals surface area contributed by atoms with E-state index in [0.29, 0.717) is 22.6 Å². The summed E-state index contributed by atoms with van der Waals surface area (Å²) in [6.45, 7) is 1.95. The zero-order valence-corrected chi connectivity index (χ0v) is 17.1. The third kappa shape index (κ3) is 3.40.